The van der Waals surface area contributed by atoms with Crippen LogP contribution in [0, 0.1) is 0 Å². The van der Waals surface area contributed by atoms with Gasteiger partial charge in [0.2, 0.25) is 11.9 Å². The van der Waals surface area contributed by atoms with E-state index < -0.39 is 60.5 Å². The quantitative estimate of drug-likeness (QED) is 0.185. The summed E-state index contributed by atoms with van der Waals surface area (Å²) in [6.07, 6.45) is -4.00. The molecule has 1 fully saturated rings. The van der Waals surface area contributed by atoms with Gasteiger partial charge in [0.05, 0.1) is 24.1 Å². The van der Waals surface area contributed by atoms with Gasteiger partial charge in [0, 0.05) is 6.42 Å². The van der Waals surface area contributed by atoms with E-state index in [0.29, 0.717) is 5.56 Å². The van der Waals surface area contributed by atoms with E-state index in [9.17, 15) is 34.5 Å². The molecule has 2 aliphatic heterocycles. The smallest absolute Gasteiger partial charge is 0.280 e. The maximum Gasteiger partial charge on any atom is 0.280 e. The zero-order valence-corrected chi connectivity index (χ0v) is 21.2. The summed E-state index contributed by atoms with van der Waals surface area (Å²) in [5.41, 5.74) is 0.0956. The Labute approximate surface area is 230 Å². The van der Waals surface area contributed by atoms with Crippen molar-refractivity contribution in [2.24, 2.45) is 0 Å². The molecule has 14 nitrogen and oxygen atoms in total. The molecule has 0 aliphatic carbocycles. The van der Waals surface area contributed by atoms with Crippen LogP contribution >= 0.6 is 0 Å². The highest BCUT2D eigenvalue weighted by molar-refractivity contribution is 6.23. The molecule has 2 aliphatic rings. The average Bonchev–Trinajstić information content (AvgIpc) is 3.60. The molecule has 2 aromatic heterocycles. The predicted molar refractivity (Wildman–Crippen MR) is 141 cm³/mol. The van der Waals surface area contributed by atoms with E-state index in [1.807, 2.05) is 0 Å². The van der Waals surface area contributed by atoms with E-state index in [1.54, 1.807) is 42.5 Å². The normalized spacial score (nSPS) is 22.8. The van der Waals surface area contributed by atoms with Gasteiger partial charge in [0.25, 0.3) is 17.4 Å². The summed E-state index contributed by atoms with van der Waals surface area (Å²) in [6.45, 7) is -0.558. The molecule has 5 unspecified atom stereocenters. The van der Waals surface area contributed by atoms with Crippen molar-refractivity contribution in [3.63, 3.8) is 0 Å². The van der Waals surface area contributed by atoms with Gasteiger partial charge in [-0.2, -0.15) is 4.98 Å². The average molecular weight is 561 g/mol. The van der Waals surface area contributed by atoms with Crippen LogP contribution in [0.4, 0.5) is 5.95 Å². The number of hydrogen-bond donors (Lipinski definition) is 5. The summed E-state index contributed by atoms with van der Waals surface area (Å²) in [6, 6.07) is 13.8. The van der Waals surface area contributed by atoms with Crippen molar-refractivity contribution in [3.8, 4) is 0 Å². The standard InChI is InChI=1S/C27H24N6O8/c34-11-17-19(35)20(36)26(41-17)32-12-28-18-21(32)29-27(31-23(18)38)30-22(37)16(10-13-6-2-1-3-7-13)33-24(39)14-8-4-5-9-15(14)25(33)40/h1-9,12,16-17,19-20,26,34-36H,10-11H2,(H2,29,30,31,37,38). The Balaban J connectivity index is 1.34. The Morgan fingerprint density at radius 2 is 1.66 bits per heavy atom. The van der Waals surface area contributed by atoms with Crippen LogP contribution in [0.3, 0.4) is 0 Å². The number of aliphatic hydroxyl groups excluding tert-OH is 3. The molecule has 4 aromatic rings. The molecule has 0 bridgehead atoms. The molecule has 0 radical (unpaired) electrons. The Bertz CT molecular complexity index is 1680. The fraction of sp³-hybridized carbons (Fsp3) is 0.259. The maximum atomic E-state index is 13.7. The van der Waals surface area contributed by atoms with E-state index in [0.717, 1.165) is 4.90 Å². The second-order valence-electron chi connectivity index (χ2n) is 9.69. The fourth-order valence-corrected chi connectivity index (χ4v) is 5.11. The minimum atomic E-state index is -1.47. The van der Waals surface area contributed by atoms with Gasteiger partial charge < -0.3 is 20.1 Å². The Morgan fingerprint density at radius 1 is 1.00 bits per heavy atom. The van der Waals surface area contributed by atoms with Gasteiger partial charge in [-0.1, -0.05) is 42.5 Å². The van der Waals surface area contributed by atoms with Crippen molar-refractivity contribution >= 4 is 34.8 Å². The van der Waals surface area contributed by atoms with E-state index in [2.05, 4.69) is 20.3 Å². The number of aromatic amines is 1. The van der Waals surface area contributed by atoms with Crippen molar-refractivity contribution in [1.82, 2.24) is 24.4 Å². The summed E-state index contributed by atoms with van der Waals surface area (Å²) in [5.74, 6) is -2.34. The zero-order valence-electron chi connectivity index (χ0n) is 21.2. The first kappa shape index (κ1) is 26.5. The van der Waals surface area contributed by atoms with E-state index in [-0.39, 0.29) is 34.7 Å². The number of aliphatic hydroxyl groups is 3. The van der Waals surface area contributed by atoms with Crippen molar-refractivity contribution in [2.45, 2.75) is 37.0 Å². The first-order chi connectivity index (χ1) is 19.8. The fourth-order valence-electron chi connectivity index (χ4n) is 5.11. The van der Waals surface area contributed by atoms with Crippen LogP contribution in [-0.2, 0) is 16.0 Å². The third-order valence-electron chi connectivity index (χ3n) is 7.18. The molecular weight excluding hydrogens is 536 g/mol. The SMILES string of the molecule is O=C(Nc1nc2c(ncn2C2OC(CO)C(O)C2O)c(=O)[nH]1)C(Cc1ccccc1)N1C(=O)c2ccccc2C1=O. The first-order valence-corrected chi connectivity index (χ1v) is 12.7. The Hall–Kier alpha value is -4.76. The molecule has 4 heterocycles. The van der Waals surface area contributed by atoms with Crippen molar-refractivity contribution in [3.05, 3.63) is 88.0 Å². The number of benzene rings is 2. The highest BCUT2D eigenvalue weighted by Crippen LogP contribution is 2.31. The molecule has 5 N–H and O–H groups in total. The third-order valence-corrected chi connectivity index (χ3v) is 7.18. The predicted octanol–water partition coefficient (Wildman–Crippen LogP) is -0.423. The number of aromatic nitrogens is 4. The summed E-state index contributed by atoms with van der Waals surface area (Å²) in [7, 11) is 0. The largest absolute Gasteiger partial charge is 0.394 e. The number of amides is 3. The maximum absolute atomic E-state index is 13.7. The van der Waals surface area contributed by atoms with Crippen LogP contribution in [0.5, 0.6) is 0 Å². The number of carbonyl (C=O) groups is 3. The number of nitrogens with zero attached hydrogens (tertiary/aromatic N) is 4. The number of imidazole rings is 1. The highest BCUT2D eigenvalue weighted by Gasteiger charge is 2.45. The molecule has 5 atom stereocenters. The van der Waals surface area contributed by atoms with Gasteiger partial charge in [-0.15, -0.1) is 0 Å². The number of ether oxygens (including phenoxy) is 1. The number of H-pyrrole nitrogens is 1. The lowest BCUT2D eigenvalue weighted by molar-refractivity contribution is -0.120. The van der Waals surface area contributed by atoms with Crippen LogP contribution < -0.4 is 10.9 Å². The molecule has 6 rings (SSSR count). The van der Waals surface area contributed by atoms with Crippen LogP contribution in [0.2, 0.25) is 0 Å². The molecule has 2 aromatic carbocycles. The minimum absolute atomic E-state index is 0.00884. The first-order valence-electron chi connectivity index (χ1n) is 12.7. The second kappa shape index (κ2) is 10.3. The molecule has 1 saturated heterocycles. The van der Waals surface area contributed by atoms with E-state index in [1.165, 1.54) is 23.0 Å². The van der Waals surface area contributed by atoms with Gasteiger partial charge in [0.1, 0.15) is 24.4 Å². The summed E-state index contributed by atoms with van der Waals surface area (Å²) in [5, 5.41) is 32.5. The topological polar surface area (TPSA) is 200 Å². The number of carbonyl (C=O) groups excluding carboxylic acids is 3. The van der Waals surface area contributed by atoms with Crippen LogP contribution in [0.1, 0.15) is 32.5 Å². The number of rotatable bonds is 7. The van der Waals surface area contributed by atoms with Gasteiger partial charge in [0.15, 0.2) is 17.4 Å². The molecule has 210 valence electrons. The molecule has 14 heteroatoms. The lowest BCUT2D eigenvalue weighted by Crippen LogP contribution is -2.48. The van der Waals surface area contributed by atoms with Crippen LogP contribution in [0.25, 0.3) is 11.2 Å². The van der Waals surface area contributed by atoms with Gasteiger partial charge in [-0.25, -0.2) is 4.98 Å². The van der Waals surface area contributed by atoms with Crippen molar-refractivity contribution < 1.29 is 34.4 Å². The Kier molecular flexibility index (Phi) is 6.67. The molecule has 0 spiro atoms. The van der Waals surface area contributed by atoms with E-state index in [4.69, 9.17) is 4.74 Å². The van der Waals surface area contributed by atoms with Gasteiger partial charge in [-0.05, 0) is 17.7 Å². The summed E-state index contributed by atoms with van der Waals surface area (Å²) >= 11 is 0. The Morgan fingerprint density at radius 3 is 2.29 bits per heavy atom. The molecular formula is C27H24N6O8. The summed E-state index contributed by atoms with van der Waals surface area (Å²) in [4.78, 5) is 64.6. The number of hydrogen-bond acceptors (Lipinski definition) is 10. The zero-order chi connectivity index (χ0) is 28.8. The highest BCUT2D eigenvalue weighted by atomic mass is 16.6. The minimum Gasteiger partial charge on any atom is -0.394 e. The van der Waals surface area contributed by atoms with Crippen LogP contribution in [0.15, 0.2) is 65.7 Å². The van der Waals surface area contributed by atoms with Crippen molar-refractivity contribution in [2.75, 3.05) is 11.9 Å². The lowest BCUT2D eigenvalue weighted by Gasteiger charge is -2.25. The number of nitrogens with one attached hydrogen (secondary N) is 2. The molecule has 3 amide bonds. The van der Waals surface area contributed by atoms with Gasteiger partial charge >= 0.3 is 0 Å². The number of fused-ring (bicyclic) bond motifs is 2. The van der Waals surface area contributed by atoms with E-state index >= 15 is 0 Å². The molecule has 41 heavy (non-hydrogen) atoms. The van der Waals surface area contributed by atoms with Crippen molar-refractivity contribution in [1.29, 1.82) is 0 Å². The van der Waals surface area contributed by atoms with Gasteiger partial charge in [-0.3, -0.25) is 38.9 Å². The third kappa shape index (κ3) is 4.48. The van der Waals surface area contributed by atoms with Crippen LogP contribution in [-0.4, -0.2) is 88.4 Å². The summed E-state index contributed by atoms with van der Waals surface area (Å²) < 4.78 is 6.73. The monoisotopic (exact) mass is 560 g/mol. The molecule has 0 saturated carbocycles. The second-order valence-corrected chi connectivity index (χ2v) is 9.69. The number of anilines is 1. The number of imide groups is 1. The lowest BCUT2D eigenvalue weighted by atomic mass is 10.0.